The molecule has 0 fully saturated rings. The Hall–Kier alpha value is -0.580. The molecule has 0 aromatic heterocycles. The lowest BCUT2D eigenvalue weighted by Gasteiger charge is -2.13. The Labute approximate surface area is 102 Å². The molecule has 16 heavy (non-hydrogen) atoms. The van der Waals surface area contributed by atoms with Crippen molar-refractivity contribution in [3.63, 3.8) is 0 Å². The minimum Gasteiger partial charge on any atom is -0.207 e. The van der Waals surface area contributed by atoms with Crippen LogP contribution in [-0.2, 0) is 10.0 Å². The van der Waals surface area contributed by atoms with E-state index in [0.717, 1.165) is 5.56 Å². The fraction of sp³-hybridized carbons (Fsp3) is 0.455. The number of benzene rings is 1. The number of alkyl halides is 1. The largest absolute Gasteiger partial charge is 0.242 e. The van der Waals surface area contributed by atoms with Crippen LogP contribution in [0.4, 0.5) is 0 Å². The summed E-state index contributed by atoms with van der Waals surface area (Å²) in [4.78, 5) is 0.308. The van der Waals surface area contributed by atoms with Gasteiger partial charge in [-0.05, 0) is 23.6 Å². The average molecular weight is 262 g/mol. The molecule has 0 aliphatic heterocycles. The predicted octanol–water partition coefficient (Wildman–Crippen LogP) is 2.28. The van der Waals surface area contributed by atoms with Crippen LogP contribution >= 0.6 is 11.6 Å². The number of rotatable bonds is 4. The van der Waals surface area contributed by atoms with Crippen molar-refractivity contribution in [2.24, 2.45) is 0 Å². The van der Waals surface area contributed by atoms with Crippen molar-refractivity contribution in [3.8, 4) is 0 Å². The minimum absolute atomic E-state index is 0.234. The van der Waals surface area contributed by atoms with Crippen molar-refractivity contribution in [3.05, 3.63) is 29.8 Å². The van der Waals surface area contributed by atoms with E-state index in [-0.39, 0.29) is 5.92 Å². The number of hydrogen-bond donors (Lipinski definition) is 0. The third-order valence-corrected chi connectivity index (χ3v) is 4.75. The zero-order chi connectivity index (χ0) is 12.3. The van der Waals surface area contributed by atoms with Crippen molar-refractivity contribution in [1.82, 2.24) is 4.31 Å². The standard InChI is InChI=1S/C11H16ClNO2S/c1-9(8-12)10-4-6-11(7-5-10)16(14,15)13(2)3/h4-7,9H,8H2,1-3H3. The molecule has 90 valence electrons. The van der Waals surface area contributed by atoms with E-state index in [4.69, 9.17) is 11.6 Å². The van der Waals surface area contributed by atoms with Crippen molar-refractivity contribution >= 4 is 21.6 Å². The molecule has 1 rings (SSSR count). The molecular formula is C11H16ClNO2S. The smallest absolute Gasteiger partial charge is 0.207 e. The van der Waals surface area contributed by atoms with Gasteiger partial charge < -0.3 is 0 Å². The second-order valence-corrected chi connectivity index (χ2v) is 6.37. The molecule has 0 bridgehead atoms. The first-order chi connectivity index (χ1) is 7.39. The molecule has 0 radical (unpaired) electrons. The lowest BCUT2D eigenvalue weighted by molar-refractivity contribution is 0.520. The minimum atomic E-state index is -3.33. The fourth-order valence-corrected chi connectivity index (χ4v) is 2.35. The summed E-state index contributed by atoms with van der Waals surface area (Å²) >= 11 is 5.74. The normalized spacial score (nSPS) is 14.1. The molecule has 0 aliphatic rings. The van der Waals surface area contributed by atoms with Crippen LogP contribution < -0.4 is 0 Å². The molecule has 5 heteroatoms. The highest BCUT2D eigenvalue weighted by Crippen LogP contribution is 2.20. The first-order valence-electron chi connectivity index (χ1n) is 4.98. The van der Waals surface area contributed by atoms with Crippen LogP contribution in [0.3, 0.4) is 0 Å². The molecule has 0 N–H and O–H groups in total. The van der Waals surface area contributed by atoms with Gasteiger partial charge in [0.1, 0.15) is 0 Å². The van der Waals surface area contributed by atoms with Crippen LogP contribution in [0.15, 0.2) is 29.2 Å². The molecule has 0 spiro atoms. The van der Waals surface area contributed by atoms with E-state index in [2.05, 4.69) is 0 Å². The second-order valence-electron chi connectivity index (χ2n) is 3.91. The first kappa shape index (κ1) is 13.5. The first-order valence-corrected chi connectivity index (χ1v) is 6.95. The summed E-state index contributed by atoms with van der Waals surface area (Å²) in [5, 5.41) is 0. The van der Waals surface area contributed by atoms with Gasteiger partial charge >= 0.3 is 0 Å². The fourth-order valence-electron chi connectivity index (χ4n) is 1.27. The summed E-state index contributed by atoms with van der Waals surface area (Å²) in [6.07, 6.45) is 0. The summed E-state index contributed by atoms with van der Waals surface area (Å²) in [6.45, 7) is 2.00. The van der Waals surface area contributed by atoms with Crippen molar-refractivity contribution in [2.45, 2.75) is 17.7 Å². The van der Waals surface area contributed by atoms with E-state index in [0.29, 0.717) is 10.8 Å². The van der Waals surface area contributed by atoms with Crippen LogP contribution in [0, 0.1) is 0 Å². The molecule has 0 heterocycles. The van der Waals surface area contributed by atoms with Crippen molar-refractivity contribution in [2.75, 3.05) is 20.0 Å². The average Bonchev–Trinajstić information content (AvgIpc) is 2.28. The number of sulfonamides is 1. The lowest BCUT2D eigenvalue weighted by Crippen LogP contribution is -2.22. The Morgan fingerprint density at radius 2 is 1.75 bits per heavy atom. The Kier molecular flexibility index (Phi) is 4.35. The molecule has 0 aliphatic carbocycles. The lowest BCUT2D eigenvalue weighted by atomic mass is 10.0. The number of nitrogens with zero attached hydrogens (tertiary/aromatic N) is 1. The number of halogens is 1. The summed E-state index contributed by atoms with van der Waals surface area (Å²) in [7, 11) is -0.289. The third-order valence-electron chi connectivity index (χ3n) is 2.46. The van der Waals surface area contributed by atoms with Crippen molar-refractivity contribution in [1.29, 1.82) is 0 Å². The summed E-state index contributed by atoms with van der Waals surface area (Å²) < 4.78 is 24.8. The van der Waals surface area contributed by atoms with Crippen LogP contribution in [0.25, 0.3) is 0 Å². The highest BCUT2D eigenvalue weighted by Gasteiger charge is 2.16. The van der Waals surface area contributed by atoms with E-state index < -0.39 is 10.0 Å². The van der Waals surface area contributed by atoms with Gasteiger partial charge in [0, 0.05) is 20.0 Å². The predicted molar refractivity (Wildman–Crippen MR) is 66.4 cm³/mol. The Morgan fingerprint density at radius 3 is 2.12 bits per heavy atom. The number of hydrogen-bond acceptors (Lipinski definition) is 2. The van der Waals surface area contributed by atoms with E-state index in [1.165, 1.54) is 18.4 Å². The molecule has 0 amide bonds. The maximum absolute atomic E-state index is 11.8. The molecule has 3 nitrogen and oxygen atoms in total. The van der Waals surface area contributed by atoms with Gasteiger partial charge in [0.25, 0.3) is 0 Å². The molecule has 1 aromatic rings. The summed E-state index contributed by atoms with van der Waals surface area (Å²) in [5.74, 6) is 0.762. The van der Waals surface area contributed by atoms with Gasteiger partial charge in [-0.1, -0.05) is 19.1 Å². The van der Waals surface area contributed by atoms with Crippen LogP contribution in [0.5, 0.6) is 0 Å². The van der Waals surface area contributed by atoms with E-state index in [1.54, 1.807) is 12.1 Å². The topological polar surface area (TPSA) is 37.4 Å². The summed E-state index contributed by atoms with van der Waals surface area (Å²) in [6, 6.07) is 6.86. The Balaban J connectivity index is 3.05. The third kappa shape index (κ3) is 2.75. The molecule has 1 unspecified atom stereocenters. The monoisotopic (exact) mass is 261 g/mol. The SMILES string of the molecule is CC(CCl)c1ccc(S(=O)(=O)N(C)C)cc1. The van der Waals surface area contributed by atoms with Gasteiger partial charge in [-0.3, -0.25) is 0 Å². The molecular weight excluding hydrogens is 246 g/mol. The van der Waals surface area contributed by atoms with E-state index in [9.17, 15) is 8.42 Å². The van der Waals surface area contributed by atoms with Gasteiger partial charge in [-0.15, -0.1) is 11.6 Å². The van der Waals surface area contributed by atoms with Gasteiger partial charge in [0.15, 0.2) is 0 Å². The van der Waals surface area contributed by atoms with Gasteiger partial charge in [0.05, 0.1) is 4.90 Å². The van der Waals surface area contributed by atoms with Crippen LogP contribution in [0.1, 0.15) is 18.4 Å². The van der Waals surface area contributed by atoms with Crippen LogP contribution in [0.2, 0.25) is 0 Å². The van der Waals surface area contributed by atoms with E-state index >= 15 is 0 Å². The zero-order valence-corrected chi connectivity index (χ0v) is 11.2. The van der Waals surface area contributed by atoms with Gasteiger partial charge in [-0.25, -0.2) is 12.7 Å². The van der Waals surface area contributed by atoms with Crippen LogP contribution in [-0.4, -0.2) is 32.7 Å². The highest BCUT2D eigenvalue weighted by atomic mass is 35.5. The van der Waals surface area contributed by atoms with Crippen molar-refractivity contribution < 1.29 is 8.42 Å². The Morgan fingerprint density at radius 1 is 1.25 bits per heavy atom. The Bertz CT molecular complexity index is 440. The molecule has 0 saturated carbocycles. The maximum Gasteiger partial charge on any atom is 0.242 e. The summed E-state index contributed by atoms with van der Waals surface area (Å²) in [5.41, 5.74) is 1.05. The molecule has 1 aromatic carbocycles. The second kappa shape index (κ2) is 5.17. The zero-order valence-electron chi connectivity index (χ0n) is 9.64. The highest BCUT2D eigenvalue weighted by molar-refractivity contribution is 7.89. The maximum atomic E-state index is 11.8. The molecule has 1 atom stereocenters. The van der Waals surface area contributed by atoms with Gasteiger partial charge in [0.2, 0.25) is 10.0 Å². The van der Waals surface area contributed by atoms with Gasteiger partial charge in [-0.2, -0.15) is 0 Å². The molecule has 0 saturated heterocycles. The quantitative estimate of drug-likeness (QED) is 0.780. The van der Waals surface area contributed by atoms with E-state index in [1.807, 2.05) is 19.1 Å².